The number of imidazole rings is 1. The number of rotatable bonds is 3. The predicted molar refractivity (Wildman–Crippen MR) is 76.9 cm³/mol. The third-order valence-corrected chi connectivity index (χ3v) is 3.45. The Morgan fingerprint density at radius 2 is 1.89 bits per heavy atom. The van der Waals surface area contributed by atoms with Crippen LogP contribution in [0.3, 0.4) is 0 Å². The van der Waals surface area contributed by atoms with Gasteiger partial charge in [0.1, 0.15) is 5.82 Å². The van der Waals surface area contributed by atoms with E-state index in [4.69, 9.17) is 17.3 Å². The van der Waals surface area contributed by atoms with Crippen molar-refractivity contribution in [1.82, 2.24) is 9.55 Å². The van der Waals surface area contributed by atoms with Gasteiger partial charge in [-0.15, -0.1) is 0 Å². The van der Waals surface area contributed by atoms with Gasteiger partial charge in [0.05, 0.1) is 17.1 Å². The van der Waals surface area contributed by atoms with Crippen LogP contribution in [0.25, 0.3) is 11.0 Å². The molecule has 0 radical (unpaired) electrons. The van der Waals surface area contributed by atoms with Crippen LogP contribution in [-0.4, -0.2) is 9.55 Å². The first-order valence-electron chi connectivity index (χ1n) is 6.34. The van der Waals surface area contributed by atoms with Gasteiger partial charge in [-0.05, 0) is 38.0 Å². The van der Waals surface area contributed by atoms with E-state index in [9.17, 15) is 0 Å². The molecule has 4 heteroatoms. The van der Waals surface area contributed by atoms with E-state index in [1.165, 1.54) is 0 Å². The second-order valence-corrected chi connectivity index (χ2v) is 5.77. The lowest BCUT2D eigenvalue weighted by Gasteiger charge is -2.19. The lowest BCUT2D eigenvalue weighted by atomic mass is 10.0. The van der Waals surface area contributed by atoms with Gasteiger partial charge in [0.25, 0.3) is 0 Å². The smallest absolute Gasteiger partial charge is 0.127 e. The summed E-state index contributed by atoms with van der Waals surface area (Å²) in [7, 11) is 0. The van der Waals surface area contributed by atoms with Crippen LogP contribution in [0.1, 0.15) is 45.6 Å². The standard InChI is InChI=1S/C14H20ClN3/c1-8(2)13(16)14-17-11-7-10(15)5-6-12(11)18(14)9(3)4/h5-9,13H,16H2,1-4H3. The molecule has 1 heterocycles. The summed E-state index contributed by atoms with van der Waals surface area (Å²) < 4.78 is 2.20. The van der Waals surface area contributed by atoms with Crippen LogP contribution < -0.4 is 5.73 Å². The summed E-state index contributed by atoms with van der Waals surface area (Å²) >= 11 is 6.02. The van der Waals surface area contributed by atoms with Crippen molar-refractivity contribution in [3.63, 3.8) is 0 Å². The maximum absolute atomic E-state index is 6.26. The Kier molecular flexibility index (Phi) is 3.64. The zero-order chi connectivity index (χ0) is 13.4. The maximum atomic E-state index is 6.26. The lowest BCUT2D eigenvalue weighted by Crippen LogP contribution is -2.22. The topological polar surface area (TPSA) is 43.8 Å². The van der Waals surface area contributed by atoms with Gasteiger partial charge in [0, 0.05) is 11.1 Å². The minimum atomic E-state index is -0.0569. The predicted octanol–water partition coefficient (Wildman–Crippen LogP) is 3.93. The van der Waals surface area contributed by atoms with Crippen LogP contribution in [0.4, 0.5) is 0 Å². The molecule has 0 spiro atoms. The monoisotopic (exact) mass is 265 g/mol. The molecular formula is C14H20ClN3. The van der Waals surface area contributed by atoms with E-state index in [1.807, 2.05) is 18.2 Å². The number of aromatic nitrogens is 2. The number of nitrogens with zero attached hydrogens (tertiary/aromatic N) is 2. The maximum Gasteiger partial charge on any atom is 0.127 e. The summed E-state index contributed by atoms with van der Waals surface area (Å²) in [6.07, 6.45) is 0. The first kappa shape index (κ1) is 13.4. The number of nitrogens with two attached hydrogens (primary N) is 1. The molecule has 1 aromatic carbocycles. The number of halogens is 1. The molecule has 2 N–H and O–H groups in total. The average molecular weight is 266 g/mol. The Morgan fingerprint density at radius 1 is 1.22 bits per heavy atom. The van der Waals surface area contributed by atoms with E-state index in [1.54, 1.807) is 0 Å². The minimum Gasteiger partial charge on any atom is -0.324 e. The normalized spacial score (nSPS) is 13.8. The lowest BCUT2D eigenvalue weighted by molar-refractivity contribution is 0.453. The van der Waals surface area contributed by atoms with Crippen LogP contribution in [0, 0.1) is 5.92 Å². The number of benzene rings is 1. The summed E-state index contributed by atoms with van der Waals surface area (Å²) in [5.41, 5.74) is 8.28. The van der Waals surface area contributed by atoms with Crippen molar-refractivity contribution in [3.05, 3.63) is 29.0 Å². The third-order valence-electron chi connectivity index (χ3n) is 3.21. The van der Waals surface area contributed by atoms with E-state index in [2.05, 4.69) is 37.2 Å². The van der Waals surface area contributed by atoms with Crippen LogP contribution in [0.5, 0.6) is 0 Å². The highest BCUT2D eigenvalue weighted by Crippen LogP contribution is 2.28. The highest BCUT2D eigenvalue weighted by Gasteiger charge is 2.21. The van der Waals surface area contributed by atoms with Crippen LogP contribution in [0.15, 0.2) is 18.2 Å². The van der Waals surface area contributed by atoms with E-state index >= 15 is 0 Å². The first-order valence-corrected chi connectivity index (χ1v) is 6.72. The van der Waals surface area contributed by atoms with Crippen LogP contribution in [-0.2, 0) is 0 Å². The molecule has 2 rings (SSSR count). The molecule has 1 unspecified atom stereocenters. The Bertz CT molecular complexity index is 557. The number of fused-ring (bicyclic) bond motifs is 1. The molecule has 2 aromatic rings. The fourth-order valence-electron chi connectivity index (χ4n) is 2.17. The quantitative estimate of drug-likeness (QED) is 0.914. The second kappa shape index (κ2) is 4.90. The Balaban J connectivity index is 2.68. The SMILES string of the molecule is CC(C)C(N)c1nc2cc(Cl)ccc2n1C(C)C. The molecule has 0 amide bonds. The zero-order valence-corrected chi connectivity index (χ0v) is 12.1. The molecule has 0 bridgehead atoms. The van der Waals surface area contributed by atoms with E-state index in [-0.39, 0.29) is 6.04 Å². The van der Waals surface area contributed by atoms with Gasteiger partial charge in [0.2, 0.25) is 0 Å². The molecule has 3 nitrogen and oxygen atoms in total. The van der Waals surface area contributed by atoms with Gasteiger partial charge in [0.15, 0.2) is 0 Å². The third kappa shape index (κ3) is 2.25. The Morgan fingerprint density at radius 3 is 2.44 bits per heavy atom. The summed E-state index contributed by atoms with van der Waals surface area (Å²) in [5.74, 6) is 1.30. The van der Waals surface area contributed by atoms with Crippen molar-refractivity contribution in [3.8, 4) is 0 Å². The summed E-state index contributed by atoms with van der Waals surface area (Å²) in [6.45, 7) is 8.52. The van der Waals surface area contributed by atoms with Crippen LogP contribution >= 0.6 is 11.6 Å². The van der Waals surface area contributed by atoms with Crippen molar-refractivity contribution in [2.45, 2.75) is 39.8 Å². The molecule has 1 atom stereocenters. The van der Waals surface area contributed by atoms with Gasteiger partial charge in [-0.2, -0.15) is 0 Å². The van der Waals surface area contributed by atoms with Gasteiger partial charge < -0.3 is 10.3 Å². The summed E-state index contributed by atoms with van der Waals surface area (Å²) in [6, 6.07) is 6.08. The minimum absolute atomic E-state index is 0.0569. The van der Waals surface area contributed by atoms with Crippen molar-refractivity contribution in [2.75, 3.05) is 0 Å². The molecule has 0 aliphatic heterocycles. The fourth-order valence-corrected chi connectivity index (χ4v) is 2.33. The van der Waals surface area contributed by atoms with Crippen molar-refractivity contribution in [2.24, 2.45) is 11.7 Å². The molecule has 0 aliphatic carbocycles. The Labute approximate surface area is 113 Å². The molecule has 18 heavy (non-hydrogen) atoms. The highest BCUT2D eigenvalue weighted by atomic mass is 35.5. The van der Waals surface area contributed by atoms with Crippen molar-refractivity contribution < 1.29 is 0 Å². The molecule has 0 fully saturated rings. The van der Waals surface area contributed by atoms with Gasteiger partial charge in [-0.25, -0.2) is 4.98 Å². The fraction of sp³-hybridized carbons (Fsp3) is 0.500. The molecule has 0 saturated heterocycles. The molecule has 0 saturated carbocycles. The van der Waals surface area contributed by atoms with Gasteiger partial charge >= 0.3 is 0 Å². The number of hydrogen-bond acceptors (Lipinski definition) is 2. The summed E-state index contributed by atoms with van der Waals surface area (Å²) in [5, 5.41) is 0.709. The Hall–Kier alpha value is -1.06. The molecule has 0 aliphatic rings. The summed E-state index contributed by atoms with van der Waals surface area (Å²) in [4.78, 5) is 4.67. The van der Waals surface area contributed by atoms with Crippen LogP contribution in [0.2, 0.25) is 5.02 Å². The van der Waals surface area contributed by atoms with E-state index in [0.29, 0.717) is 17.0 Å². The number of hydrogen-bond donors (Lipinski definition) is 1. The molecular weight excluding hydrogens is 246 g/mol. The van der Waals surface area contributed by atoms with E-state index in [0.717, 1.165) is 16.9 Å². The highest BCUT2D eigenvalue weighted by molar-refractivity contribution is 6.31. The van der Waals surface area contributed by atoms with E-state index < -0.39 is 0 Å². The zero-order valence-electron chi connectivity index (χ0n) is 11.3. The largest absolute Gasteiger partial charge is 0.324 e. The van der Waals surface area contributed by atoms with Crippen molar-refractivity contribution >= 4 is 22.6 Å². The second-order valence-electron chi connectivity index (χ2n) is 5.34. The van der Waals surface area contributed by atoms with Gasteiger partial charge in [-0.1, -0.05) is 25.4 Å². The first-order chi connectivity index (χ1) is 8.41. The van der Waals surface area contributed by atoms with Gasteiger partial charge in [-0.3, -0.25) is 0 Å². The molecule has 1 aromatic heterocycles. The van der Waals surface area contributed by atoms with Crippen molar-refractivity contribution in [1.29, 1.82) is 0 Å². The average Bonchev–Trinajstić information content (AvgIpc) is 2.65. The molecule has 98 valence electrons.